The molecule has 1 aliphatic carbocycles. The standard InChI is InChI=1S/C11H13ClFNO2S/c12-8-5-6-10(13)11(7-8)17(15,16)14-9-3-1-2-4-9/h5-7,9,14H,1-4H2. The first-order valence-corrected chi connectivity index (χ1v) is 7.32. The molecule has 17 heavy (non-hydrogen) atoms. The zero-order valence-corrected chi connectivity index (χ0v) is 10.7. The summed E-state index contributed by atoms with van der Waals surface area (Å²) in [6.45, 7) is 0. The van der Waals surface area contributed by atoms with Crippen LogP contribution in [0.25, 0.3) is 0 Å². The van der Waals surface area contributed by atoms with E-state index in [-0.39, 0.29) is 16.0 Å². The molecule has 0 aliphatic heterocycles. The fourth-order valence-corrected chi connectivity index (χ4v) is 3.65. The molecule has 3 nitrogen and oxygen atoms in total. The van der Waals surface area contributed by atoms with Crippen molar-refractivity contribution < 1.29 is 12.8 Å². The molecule has 1 saturated carbocycles. The van der Waals surface area contributed by atoms with Gasteiger partial charge in [0.1, 0.15) is 10.7 Å². The maximum atomic E-state index is 13.5. The predicted molar refractivity (Wildman–Crippen MR) is 64.0 cm³/mol. The summed E-state index contributed by atoms with van der Waals surface area (Å²) in [4.78, 5) is -0.378. The highest BCUT2D eigenvalue weighted by molar-refractivity contribution is 7.89. The lowest BCUT2D eigenvalue weighted by atomic mass is 10.3. The second-order valence-corrected chi connectivity index (χ2v) is 6.30. The molecule has 1 N–H and O–H groups in total. The van der Waals surface area contributed by atoms with Crippen molar-refractivity contribution in [3.05, 3.63) is 29.0 Å². The Kier molecular flexibility index (Phi) is 3.70. The lowest BCUT2D eigenvalue weighted by molar-refractivity contribution is 0.537. The Morgan fingerprint density at radius 1 is 1.29 bits per heavy atom. The molecular weight excluding hydrogens is 265 g/mol. The maximum Gasteiger partial charge on any atom is 0.243 e. The van der Waals surface area contributed by atoms with Gasteiger partial charge in [-0.05, 0) is 31.0 Å². The summed E-state index contributed by atoms with van der Waals surface area (Å²) >= 11 is 5.68. The van der Waals surface area contributed by atoms with E-state index in [9.17, 15) is 12.8 Å². The summed E-state index contributed by atoms with van der Waals surface area (Å²) in [5.41, 5.74) is 0. The Bertz CT molecular complexity index is 512. The third-order valence-electron chi connectivity index (χ3n) is 2.86. The fourth-order valence-electron chi connectivity index (χ4n) is 2.01. The second-order valence-electron chi connectivity index (χ2n) is 4.18. The molecule has 0 spiro atoms. The average Bonchev–Trinajstić information content (AvgIpc) is 2.73. The third kappa shape index (κ3) is 2.97. The summed E-state index contributed by atoms with van der Waals surface area (Å²) in [6, 6.07) is 3.43. The van der Waals surface area contributed by atoms with E-state index in [1.54, 1.807) is 0 Å². The van der Waals surface area contributed by atoms with E-state index in [4.69, 9.17) is 11.6 Å². The van der Waals surface area contributed by atoms with Gasteiger partial charge in [-0.25, -0.2) is 17.5 Å². The molecule has 0 bridgehead atoms. The minimum absolute atomic E-state index is 0.0848. The number of hydrogen-bond donors (Lipinski definition) is 1. The van der Waals surface area contributed by atoms with Gasteiger partial charge in [0.25, 0.3) is 0 Å². The fraction of sp³-hybridized carbons (Fsp3) is 0.455. The van der Waals surface area contributed by atoms with Crippen LogP contribution in [0.4, 0.5) is 4.39 Å². The van der Waals surface area contributed by atoms with Gasteiger partial charge in [-0.15, -0.1) is 0 Å². The minimum Gasteiger partial charge on any atom is -0.208 e. The largest absolute Gasteiger partial charge is 0.243 e. The van der Waals surface area contributed by atoms with Crippen molar-refractivity contribution in [3.63, 3.8) is 0 Å². The van der Waals surface area contributed by atoms with Crippen molar-refractivity contribution in [2.75, 3.05) is 0 Å². The monoisotopic (exact) mass is 277 g/mol. The van der Waals surface area contributed by atoms with Gasteiger partial charge in [0, 0.05) is 11.1 Å². The molecule has 1 aromatic carbocycles. The van der Waals surface area contributed by atoms with Gasteiger partial charge in [0.05, 0.1) is 0 Å². The molecule has 6 heteroatoms. The highest BCUT2D eigenvalue weighted by Gasteiger charge is 2.25. The highest BCUT2D eigenvalue weighted by atomic mass is 35.5. The van der Waals surface area contributed by atoms with Gasteiger partial charge in [0.15, 0.2) is 0 Å². The van der Waals surface area contributed by atoms with Crippen molar-refractivity contribution in [1.29, 1.82) is 0 Å². The molecule has 1 aliphatic rings. The van der Waals surface area contributed by atoms with Crippen LogP contribution in [0.5, 0.6) is 0 Å². The van der Waals surface area contributed by atoms with Crippen molar-refractivity contribution in [2.45, 2.75) is 36.6 Å². The predicted octanol–water partition coefficient (Wildman–Crippen LogP) is 2.70. The van der Waals surface area contributed by atoms with Crippen LogP contribution in [0.2, 0.25) is 5.02 Å². The van der Waals surface area contributed by atoms with E-state index >= 15 is 0 Å². The first kappa shape index (κ1) is 12.8. The Morgan fingerprint density at radius 2 is 1.94 bits per heavy atom. The number of halogens is 2. The topological polar surface area (TPSA) is 46.2 Å². The molecule has 0 radical (unpaired) electrons. The molecule has 94 valence electrons. The van der Waals surface area contributed by atoms with Crippen LogP contribution in [-0.2, 0) is 10.0 Å². The highest BCUT2D eigenvalue weighted by Crippen LogP contribution is 2.23. The molecule has 0 unspecified atom stereocenters. The lowest BCUT2D eigenvalue weighted by Crippen LogP contribution is -2.33. The van der Waals surface area contributed by atoms with Crippen molar-refractivity contribution in [2.24, 2.45) is 0 Å². The average molecular weight is 278 g/mol. The molecule has 1 fully saturated rings. The Morgan fingerprint density at radius 3 is 2.59 bits per heavy atom. The number of rotatable bonds is 3. The van der Waals surface area contributed by atoms with Crippen LogP contribution < -0.4 is 4.72 Å². The summed E-state index contributed by atoms with van der Waals surface area (Å²) in [7, 11) is -3.81. The van der Waals surface area contributed by atoms with Gasteiger partial charge in [-0.3, -0.25) is 0 Å². The summed E-state index contributed by atoms with van der Waals surface area (Å²) in [5, 5.41) is 0.207. The zero-order valence-electron chi connectivity index (χ0n) is 9.12. The lowest BCUT2D eigenvalue weighted by Gasteiger charge is -2.13. The zero-order chi connectivity index (χ0) is 12.5. The SMILES string of the molecule is O=S(=O)(NC1CCCC1)c1cc(Cl)ccc1F. The number of benzene rings is 1. The van der Waals surface area contributed by atoms with Gasteiger partial charge in [0.2, 0.25) is 10.0 Å². The third-order valence-corrected chi connectivity index (χ3v) is 4.63. The van der Waals surface area contributed by atoms with Gasteiger partial charge >= 0.3 is 0 Å². The van der Waals surface area contributed by atoms with E-state index in [0.29, 0.717) is 0 Å². The second kappa shape index (κ2) is 4.92. The van der Waals surface area contributed by atoms with Crippen molar-refractivity contribution >= 4 is 21.6 Å². The number of sulfonamides is 1. The Hall–Kier alpha value is -0.650. The van der Waals surface area contributed by atoms with Crippen LogP contribution in [-0.4, -0.2) is 14.5 Å². The quantitative estimate of drug-likeness (QED) is 0.923. The van der Waals surface area contributed by atoms with Crippen molar-refractivity contribution in [3.8, 4) is 0 Å². The number of hydrogen-bond acceptors (Lipinski definition) is 2. The molecular formula is C11H13ClFNO2S. The van der Waals surface area contributed by atoms with Gasteiger partial charge in [-0.1, -0.05) is 24.4 Å². The summed E-state index contributed by atoms with van der Waals surface area (Å²) < 4.78 is 39.9. The van der Waals surface area contributed by atoms with Crippen molar-refractivity contribution in [1.82, 2.24) is 4.72 Å². The van der Waals surface area contributed by atoms with Gasteiger partial charge < -0.3 is 0 Å². The van der Waals surface area contributed by atoms with Crippen LogP contribution in [0, 0.1) is 5.82 Å². The van der Waals surface area contributed by atoms with Crippen LogP contribution in [0.1, 0.15) is 25.7 Å². The molecule has 1 aromatic rings. The molecule has 0 heterocycles. The molecule has 0 aromatic heterocycles. The van der Waals surface area contributed by atoms with Crippen LogP contribution >= 0.6 is 11.6 Å². The van der Waals surface area contributed by atoms with Crippen LogP contribution in [0.3, 0.4) is 0 Å². The van der Waals surface area contributed by atoms with Crippen LogP contribution in [0.15, 0.2) is 23.1 Å². The summed E-state index contributed by atoms with van der Waals surface area (Å²) in [6.07, 6.45) is 3.62. The first-order valence-electron chi connectivity index (χ1n) is 5.46. The van der Waals surface area contributed by atoms with E-state index < -0.39 is 15.8 Å². The number of nitrogens with one attached hydrogen (secondary N) is 1. The Balaban J connectivity index is 2.27. The first-order chi connectivity index (χ1) is 7.99. The van der Waals surface area contributed by atoms with E-state index in [2.05, 4.69) is 4.72 Å². The molecule has 2 rings (SSSR count). The summed E-state index contributed by atoms with van der Waals surface area (Å²) in [5.74, 6) is -0.778. The Labute approximate surface area is 105 Å². The molecule has 0 amide bonds. The maximum absolute atomic E-state index is 13.5. The van der Waals surface area contributed by atoms with E-state index in [1.807, 2.05) is 0 Å². The van der Waals surface area contributed by atoms with E-state index in [0.717, 1.165) is 37.8 Å². The normalized spacial score (nSPS) is 17.5. The minimum atomic E-state index is -3.81. The smallest absolute Gasteiger partial charge is 0.208 e. The molecule has 0 saturated heterocycles. The van der Waals surface area contributed by atoms with Gasteiger partial charge in [-0.2, -0.15) is 0 Å². The molecule has 0 atom stereocenters. The van der Waals surface area contributed by atoms with E-state index in [1.165, 1.54) is 6.07 Å².